The van der Waals surface area contributed by atoms with E-state index < -0.39 is 6.36 Å². The van der Waals surface area contributed by atoms with Gasteiger partial charge >= 0.3 is 0 Å². The number of fused-ring (bicyclic) bond motifs is 6. The normalized spacial score (nSPS) is 18.3. The van der Waals surface area contributed by atoms with Gasteiger partial charge in [0.15, 0.2) is 0 Å². The molecule has 0 N–H and O–H groups in total. The van der Waals surface area contributed by atoms with Crippen molar-refractivity contribution >= 4 is 21.5 Å². The highest BCUT2D eigenvalue weighted by atomic mass is 19.1. The lowest BCUT2D eigenvalue weighted by molar-refractivity contribution is 0.0498. The third kappa shape index (κ3) is 1.53. The van der Waals surface area contributed by atoms with Crippen LogP contribution < -0.4 is 4.74 Å². The monoisotopic (exact) mass is 252 g/mol. The van der Waals surface area contributed by atoms with Gasteiger partial charge in [0.1, 0.15) is 5.75 Å². The second kappa shape index (κ2) is 3.95. The molecule has 0 aromatic heterocycles. The van der Waals surface area contributed by atoms with Gasteiger partial charge in [0.25, 0.3) is 0 Å². The zero-order valence-corrected chi connectivity index (χ0v) is 10.4. The molecule has 0 saturated heterocycles. The Kier molecular flexibility index (Phi) is 2.25. The van der Waals surface area contributed by atoms with E-state index in [1.807, 2.05) is 30.3 Å². The topological polar surface area (TPSA) is 9.23 Å². The van der Waals surface area contributed by atoms with Crippen LogP contribution in [0.15, 0.2) is 48.5 Å². The van der Waals surface area contributed by atoms with Crippen LogP contribution >= 0.6 is 0 Å². The molecule has 3 aromatic carbocycles. The summed E-state index contributed by atoms with van der Waals surface area (Å²) in [4.78, 5) is 0. The molecule has 0 aliphatic carbocycles. The van der Waals surface area contributed by atoms with Crippen LogP contribution in [0.2, 0.25) is 0 Å². The third-order valence-electron chi connectivity index (χ3n) is 3.86. The van der Waals surface area contributed by atoms with E-state index in [2.05, 4.69) is 18.2 Å². The smallest absolute Gasteiger partial charge is 0.238 e. The minimum Gasteiger partial charge on any atom is -0.459 e. The van der Waals surface area contributed by atoms with Crippen LogP contribution in [-0.4, -0.2) is 6.36 Å². The second-order valence-corrected chi connectivity index (χ2v) is 4.97. The number of benzene rings is 3. The van der Waals surface area contributed by atoms with Crippen molar-refractivity contribution in [3.8, 4) is 5.75 Å². The number of aryl methyl sites for hydroxylation is 1. The molecule has 19 heavy (non-hydrogen) atoms. The fourth-order valence-corrected chi connectivity index (χ4v) is 3.01. The Morgan fingerprint density at radius 3 is 2.16 bits per heavy atom. The van der Waals surface area contributed by atoms with Gasteiger partial charge in [0.05, 0.1) is 0 Å². The lowest BCUT2D eigenvalue weighted by Crippen LogP contribution is -2.18. The summed E-state index contributed by atoms with van der Waals surface area (Å²) >= 11 is 0. The van der Waals surface area contributed by atoms with Gasteiger partial charge in [0.2, 0.25) is 6.36 Å². The van der Waals surface area contributed by atoms with Crippen molar-refractivity contribution in [3.05, 3.63) is 54.1 Å². The van der Waals surface area contributed by atoms with E-state index in [9.17, 15) is 4.39 Å². The summed E-state index contributed by atoms with van der Waals surface area (Å²) in [6, 6.07) is 16.4. The average molecular weight is 252 g/mol. The molecule has 1 heterocycles. The van der Waals surface area contributed by atoms with E-state index in [4.69, 9.17) is 4.74 Å². The maximum Gasteiger partial charge on any atom is 0.238 e. The lowest BCUT2D eigenvalue weighted by atomic mass is 9.92. The Bertz CT molecular complexity index is 779. The molecule has 1 aliphatic rings. The van der Waals surface area contributed by atoms with Crippen molar-refractivity contribution in [3.63, 3.8) is 0 Å². The van der Waals surface area contributed by atoms with Crippen molar-refractivity contribution in [2.45, 2.75) is 19.2 Å². The van der Waals surface area contributed by atoms with Crippen LogP contribution in [-0.2, 0) is 6.42 Å². The molecule has 0 bridgehead atoms. The predicted molar refractivity (Wildman–Crippen MR) is 75.3 cm³/mol. The van der Waals surface area contributed by atoms with Crippen LogP contribution in [0.1, 0.15) is 12.0 Å². The minimum atomic E-state index is -1.18. The third-order valence-corrected chi connectivity index (χ3v) is 3.86. The van der Waals surface area contributed by atoms with Gasteiger partial charge in [-0.1, -0.05) is 48.5 Å². The highest BCUT2D eigenvalue weighted by molar-refractivity contribution is 6.12. The van der Waals surface area contributed by atoms with Gasteiger partial charge in [-0.15, -0.1) is 0 Å². The number of alkyl halides is 1. The summed E-state index contributed by atoms with van der Waals surface area (Å²) in [5, 5.41) is 4.55. The molecule has 1 nitrogen and oxygen atoms in total. The maximum atomic E-state index is 13.6. The first kappa shape index (κ1) is 10.8. The van der Waals surface area contributed by atoms with Crippen LogP contribution in [0.4, 0.5) is 4.39 Å². The highest BCUT2D eigenvalue weighted by Crippen LogP contribution is 2.41. The number of hydrogen-bond acceptors (Lipinski definition) is 1. The summed E-state index contributed by atoms with van der Waals surface area (Å²) in [6.45, 7) is 0. The molecule has 0 amide bonds. The van der Waals surface area contributed by atoms with Crippen molar-refractivity contribution in [1.29, 1.82) is 0 Å². The zero-order valence-electron chi connectivity index (χ0n) is 10.4. The van der Waals surface area contributed by atoms with Gasteiger partial charge in [-0.2, -0.15) is 0 Å². The molecule has 0 saturated carbocycles. The fraction of sp³-hybridized carbons (Fsp3) is 0.176. The zero-order chi connectivity index (χ0) is 12.8. The Morgan fingerprint density at radius 1 is 0.842 bits per heavy atom. The van der Waals surface area contributed by atoms with Crippen molar-refractivity contribution < 1.29 is 9.13 Å². The molecule has 1 unspecified atom stereocenters. The molecule has 0 fully saturated rings. The molecule has 94 valence electrons. The van der Waals surface area contributed by atoms with Crippen molar-refractivity contribution in [1.82, 2.24) is 0 Å². The summed E-state index contributed by atoms with van der Waals surface area (Å²) in [7, 11) is 0. The summed E-state index contributed by atoms with van der Waals surface area (Å²) < 4.78 is 19.1. The van der Waals surface area contributed by atoms with Gasteiger partial charge in [0, 0.05) is 17.4 Å². The standard InChI is InChI=1S/C17H13FO/c18-16-10-9-15-13-7-2-1-5-11(13)12-6-3-4-8-14(12)17(15)19-16/h1-8,16H,9-10H2. The molecule has 0 spiro atoms. The predicted octanol–water partition coefficient (Wildman–Crippen LogP) is 4.61. The summed E-state index contributed by atoms with van der Waals surface area (Å²) in [6.07, 6.45) is -0.00551. The Labute approximate surface area is 110 Å². The first-order chi connectivity index (χ1) is 9.34. The number of ether oxygens (including phenoxy) is 1. The fourth-order valence-electron chi connectivity index (χ4n) is 3.01. The van der Waals surface area contributed by atoms with E-state index in [-0.39, 0.29) is 0 Å². The Hall–Kier alpha value is -2.09. The van der Waals surface area contributed by atoms with Gasteiger partial charge in [-0.25, -0.2) is 4.39 Å². The highest BCUT2D eigenvalue weighted by Gasteiger charge is 2.23. The first-order valence-corrected chi connectivity index (χ1v) is 6.57. The van der Waals surface area contributed by atoms with Gasteiger partial charge < -0.3 is 4.74 Å². The average Bonchev–Trinajstić information content (AvgIpc) is 2.47. The minimum absolute atomic E-state index is 0.440. The molecule has 1 atom stereocenters. The van der Waals surface area contributed by atoms with Gasteiger partial charge in [-0.05, 0) is 22.6 Å². The molecular formula is C17H13FO. The van der Waals surface area contributed by atoms with E-state index >= 15 is 0 Å². The van der Waals surface area contributed by atoms with Crippen molar-refractivity contribution in [2.24, 2.45) is 0 Å². The molecule has 1 aliphatic heterocycles. The first-order valence-electron chi connectivity index (χ1n) is 6.57. The van der Waals surface area contributed by atoms with Crippen LogP contribution in [0.3, 0.4) is 0 Å². The molecule has 3 aromatic rings. The van der Waals surface area contributed by atoms with Crippen LogP contribution in [0.25, 0.3) is 21.5 Å². The quantitative estimate of drug-likeness (QED) is 0.531. The SMILES string of the molecule is FC1CCc2c(c3ccccc3c3ccccc23)O1. The van der Waals surface area contributed by atoms with E-state index in [1.54, 1.807) is 0 Å². The van der Waals surface area contributed by atoms with Crippen LogP contribution in [0.5, 0.6) is 5.75 Å². The largest absolute Gasteiger partial charge is 0.459 e. The van der Waals surface area contributed by atoms with Crippen molar-refractivity contribution in [2.75, 3.05) is 0 Å². The van der Waals surface area contributed by atoms with E-state index in [0.29, 0.717) is 6.42 Å². The lowest BCUT2D eigenvalue weighted by Gasteiger charge is -2.24. The molecule has 4 rings (SSSR count). The second-order valence-electron chi connectivity index (χ2n) is 4.97. The Morgan fingerprint density at radius 2 is 1.42 bits per heavy atom. The summed E-state index contributed by atoms with van der Waals surface area (Å²) in [5.41, 5.74) is 1.14. The van der Waals surface area contributed by atoms with E-state index in [1.165, 1.54) is 10.8 Å². The molecule has 0 radical (unpaired) electrons. The Balaban J connectivity index is 2.22. The number of hydrogen-bond donors (Lipinski definition) is 0. The van der Waals surface area contributed by atoms with E-state index in [0.717, 1.165) is 28.5 Å². The maximum absolute atomic E-state index is 13.6. The number of halogens is 1. The molecular weight excluding hydrogens is 239 g/mol. The molecule has 2 heteroatoms. The number of rotatable bonds is 0. The van der Waals surface area contributed by atoms with Gasteiger partial charge in [-0.3, -0.25) is 0 Å². The van der Waals surface area contributed by atoms with Crippen LogP contribution in [0, 0.1) is 0 Å². The summed E-state index contributed by atoms with van der Waals surface area (Å²) in [5.74, 6) is 0.730.